The molecule has 0 radical (unpaired) electrons. The summed E-state index contributed by atoms with van der Waals surface area (Å²) < 4.78 is 24.4. The number of hydrogen-bond acceptors (Lipinski definition) is 2. The molecule has 0 rings (SSSR count). The summed E-state index contributed by atoms with van der Waals surface area (Å²) in [5.74, 6) is 0. The van der Waals surface area contributed by atoms with Gasteiger partial charge in [-0.15, -0.1) is 0 Å². The first-order valence-electron chi connectivity index (χ1n) is 12.9. The predicted molar refractivity (Wildman–Crippen MR) is 133 cm³/mol. The lowest BCUT2D eigenvalue weighted by Gasteiger charge is -2.40. The molecule has 0 aromatic heterocycles. The summed E-state index contributed by atoms with van der Waals surface area (Å²) in [4.78, 5) is 0. The molecule has 1 atom stereocenters. The largest absolute Gasteiger partial charge is 0.378 e. The number of rotatable bonds is 21. The van der Waals surface area contributed by atoms with Crippen molar-refractivity contribution in [3.8, 4) is 0 Å². The Morgan fingerprint density at radius 2 is 1.03 bits per heavy atom. The SMILES string of the molecule is CCCCCCCCC=CCCCCCCCCCCC(CC)(P(=O)=O)[N+](C)(C)C. The van der Waals surface area contributed by atoms with E-state index in [-0.39, 0.29) is 0 Å². The highest BCUT2D eigenvalue weighted by molar-refractivity contribution is 7.32. The van der Waals surface area contributed by atoms with Crippen LogP contribution >= 0.6 is 7.68 Å². The van der Waals surface area contributed by atoms with Gasteiger partial charge in [0.1, 0.15) is 0 Å². The molecule has 0 aliphatic carbocycles. The maximum atomic E-state index is 11.9. The fourth-order valence-corrected chi connectivity index (χ4v) is 5.55. The van der Waals surface area contributed by atoms with Gasteiger partial charge in [0.05, 0.1) is 21.1 Å². The summed E-state index contributed by atoms with van der Waals surface area (Å²) in [5, 5.41) is -0.599. The summed E-state index contributed by atoms with van der Waals surface area (Å²) in [5.41, 5.74) is 0. The van der Waals surface area contributed by atoms with Gasteiger partial charge >= 0.3 is 7.68 Å². The Morgan fingerprint density at radius 1 is 0.633 bits per heavy atom. The monoisotopic (exact) mass is 442 g/mol. The van der Waals surface area contributed by atoms with E-state index in [1.165, 1.54) is 89.9 Å². The minimum atomic E-state index is -2.41. The first-order valence-corrected chi connectivity index (χ1v) is 14.1. The molecule has 0 fully saturated rings. The van der Waals surface area contributed by atoms with Gasteiger partial charge in [0.25, 0.3) is 0 Å². The third-order valence-electron chi connectivity index (χ3n) is 6.74. The maximum Gasteiger partial charge on any atom is 0.378 e. The second-order valence-electron chi connectivity index (χ2n) is 10.0. The fraction of sp³-hybridized carbons (Fsp3) is 0.923. The normalized spacial score (nSPS) is 14.3. The van der Waals surface area contributed by atoms with Gasteiger partial charge in [0.2, 0.25) is 5.28 Å². The van der Waals surface area contributed by atoms with Gasteiger partial charge in [-0.3, -0.25) is 0 Å². The Morgan fingerprint density at radius 3 is 1.40 bits per heavy atom. The van der Waals surface area contributed by atoms with E-state index in [4.69, 9.17) is 0 Å². The van der Waals surface area contributed by atoms with Gasteiger partial charge in [0.15, 0.2) is 0 Å². The van der Waals surface area contributed by atoms with Crippen LogP contribution in [0.15, 0.2) is 12.2 Å². The Labute approximate surface area is 189 Å². The van der Waals surface area contributed by atoms with Crippen molar-refractivity contribution >= 4 is 7.68 Å². The van der Waals surface area contributed by atoms with E-state index in [2.05, 4.69) is 19.1 Å². The molecular formula is C26H53NO2P+. The zero-order chi connectivity index (χ0) is 22.7. The Hall–Kier alpha value is -0.400. The van der Waals surface area contributed by atoms with Gasteiger partial charge in [-0.1, -0.05) is 96.6 Å². The zero-order valence-corrected chi connectivity index (χ0v) is 22.0. The van der Waals surface area contributed by atoms with Crippen LogP contribution in [0.4, 0.5) is 0 Å². The molecule has 0 saturated carbocycles. The predicted octanol–water partition coefficient (Wildman–Crippen LogP) is 9.18. The van der Waals surface area contributed by atoms with E-state index < -0.39 is 13.0 Å². The maximum absolute atomic E-state index is 11.9. The molecule has 1 unspecified atom stereocenters. The molecule has 0 aromatic carbocycles. The van der Waals surface area contributed by atoms with Crippen molar-refractivity contribution in [2.45, 2.75) is 135 Å². The molecule has 0 aliphatic heterocycles. The van der Waals surface area contributed by atoms with Crippen LogP contribution in [-0.2, 0) is 9.13 Å². The van der Waals surface area contributed by atoms with Crippen LogP contribution in [-0.4, -0.2) is 30.9 Å². The van der Waals surface area contributed by atoms with Crippen molar-refractivity contribution in [1.29, 1.82) is 0 Å². The van der Waals surface area contributed by atoms with Crippen molar-refractivity contribution < 1.29 is 13.6 Å². The average Bonchev–Trinajstić information content (AvgIpc) is 2.68. The molecule has 178 valence electrons. The summed E-state index contributed by atoms with van der Waals surface area (Å²) in [6.45, 7) is 4.29. The van der Waals surface area contributed by atoms with E-state index in [0.29, 0.717) is 10.9 Å². The molecule has 30 heavy (non-hydrogen) atoms. The highest BCUT2D eigenvalue weighted by Gasteiger charge is 2.46. The molecule has 0 heterocycles. The minimum Gasteiger partial charge on any atom is -0.314 e. The summed E-state index contributed by atoms with van der Waals surface area (Å²) in [6.07, 6.45) is 27.1. The third-order valence-corrected chi connectivity index (χ3v) is 8.56. The third kappa shape index (κ3) is 13.1. The Balaban J connectivity index is 3.59. The average molecular weight is 443 g/mol. The van der Waals surface area contributed by atoms with Crippen molar-refractivity contribution in [2.75, 3.05) is 21.1 Å². The molecule has 0 bridgehead atoms. The molecule has 0 aromatic rings. The van der Waals surface area contributed by atoms with Crippen LogP contribution in [0.5, 0.6) is 0 Å². The van der Waals surface area contributed by atoms with Gasteiger partial charge in [-0.05, 0) is 32.1 Å². The van der Waals surface area contributed by atoms with Gasteiger partial charge in [0, 0.05) is 12.8 Å². The Kier molecular flexibility index (Phi) is 18.0. The van der Waals surface area contributed by atoms with Crippen LogP contribution in [0, 0.1) is 0 Å². The lowest BCUT2D eigenvalue weighted by atomic mass is 10.0. The number of nitrogens with zero attached hydrogens (tertiary/aromatic N) is 1. The number of quaternary nitrogens is 1. The van der Waals surface area contributed by atoms with Crippen molar-refractivity contribution in [2.24, 2.45) is 0 Å². The van der Waals surface area contributed by atoms with E-state index in [1.807, 2.05) is 28.1 Å². The van der Waals surface area contributed by atoms with Crippen molar-refractivity contribution in [1.82, 2.24) is 0 Å². The lowest BCUT2D eigenvalue weighted by Crippen LogP contribution is -2.53. The highest BCUT2D eigenvalue weighted by atomic mass is 31.1. The topological polar surface area (TPSA) is 34.1 Å². The van der Waals surface area contributed by atoms with E-state index >= 15 is 0 Å². The quantitative estimate of drug-likeness (QED) is 0.0768. The smallest absolute Gasteiger partial charge is 0.314 e. The zero-order valence-electron chi connectivity index (χ0n) is 21.1. The second kappa shape index (κ2) is 18.2. The molecule has 4 heteroatoms. The lowest BCUT2D eigenvalue weighted by molar-refractivity contribution is -0.908. The molecule has 0 amide bonds. The van der Waals surface area contributed by atoms with E-state index in [0.717, 1.165) is 19.3 Å². The van der Waals surface area contributed by atoms with Gasteiger partial charge in [-0.25, -0.2) is 9.13 Å². The van der Waals surface area contributed by atoms with Crippen LogP contribution in [0.25, 0.3) is 0 Å². The Bertz CT molecular complexity index is 486. The van der Waals surface area contributed by atoms with Crippen LogP contribution in [0.2, 0.25) is 0 Å². The van der Waals surface area contributed by atoms with Crippen molar-refractivity contribution in [3.63, 3.8) is 0 Å². The van der Waals surface area contributed by atoms with E-state index in [9.17, 15) is 9.13 Å². The second-order valence-corrected chi connectivity index (χ2v) is 11.3. The van der Waals surface area contributed by atoms with Crippen LogP contribution in [0.1, 0.15) is 129 Å². The number of unbranched alkanes of at least 4 members (excludes halogenated alkanes) is 14. The molecule has 0 aliphatic rings. The van der Waals surface area contributed by atoms with E-state index in [1.54, 1.807) is 0 Å². The van der Waals surface area contributed by atoms with Crippen LogP contribution in [0.3, 0.4) is 0 Å². The minimum absolute atomic E-state index is 0.510. The highest BCUT2D eigenvalue weighted by Crippen LogP contribution is 2.43. The van der Waals surface area contributed by atoms with Crippen LogP contribution < -0.4 is 0 Å². The molecule has 3 nitrogen and oxygen atoms in total. The standard InChI is InChI=1S/C26H53NO2P/c1-6-8-9-10-11-12-13-14-15-16-17-18-19-20-21-22-23-24-25-26(7-2,30(28)29)27(3,4)5/h14-15H,6-13,16-25H2,1-5H3/q+1. The summed E-state index contributed by atoms with van der Waals surface area (Å²) in [6, 6.07) is 0. The number of hydrogen-bond donors (Lipinski definition) is 0. The van der Waals surface area contributed by atoms with Gasteiger partial charge in [-0.2, -0.15) is 0 Å². The van der Waals surface area contributed by atoms with Gasteiger partial charge < -0.3 is 4.48 Å². The summed E-state index contributed by atoms with van der Waals surface area (Å²) in [7, 11) is 3.62. The molecular weight excluding hydrogens is 389 g/mol. The first-order chi connectivity index (χ1) is 14.3. The fourth-order valence-electron chi connectivity index (χ4n) is 4.46. The number of allylic oxidation sites excluding steroid dienone is 2. The molecule has 0 N–H and O–H groups in total. The summed E-state index contributed by atoms with van der Waals surface area (Å²) >= 11 is 0. The first kappa shape index (κ1) is 29.6. The molecule has 0 spiro atoms. The molecule has 0 saturated heterocycles. The van der Waals surface area contributed by atoms with Crippen molar-refractivity contribution in [3.05, 3.63) is 12.2 Å².